The maximum Gasteiger partial charge on any atom is 0.360 e. The molecule has 0 atom stereocenters. The van der Waals surface area contributed by atoms with Crippen LogP contribution in [0.15, 0.2) is 29.0 Å². The number of anilines is 1. The van der Waals surface area contributed by atoms with E-state index in [9.17, 15) is 14.9 Å². The van der Waals surface area contributed by atoms with E-state index in [4.69, 9.17) is 5.73 Å². The van der Waals surface area contributed by atoms with Crippen LogP contribution in [0.4, 0.5) is 11.5 Å². The maximum atomic E-state index is 11.4. The Balaban J connectivity index is 2.50. The summed E-state index contributed by atoms with van der Waals surface area (Å²) in [4.78, 5) is 25.5. The Bertz CT molecular complexity index is 698. The molecule has 0 aliphatic rings. The van der Waals surface area contributed by atoms with E-state index in [1.54, 1.807) is 0 Å². The Morgan fingerprint density at radius 2 is 2.25 bits per heavy atom. The quantitative estimate of drug-likeness (QED) is 0.518. The molecule has 2 rings (SSSR count). The van der Waals surface area contributed by atoms with Crippen LogP contribution in [0, 0.1) is 10.1 Å². The van der Waals surface area contributed by atoms with Gasteiger partial charge in [0, 0.05) is 16.6 Å². The number of carbonyl (C=O) groups excluding carboxylic acids is 1. The number of benzene rings is 1. The molecule has 0 aliphatic heterocycles. The second kappa shape index (κ2) is 5.29. The highest BCUT2D eigenvalue weighted by atomic mass is 79.9. The summed E-state index contributed by atoms with van der Waals surface area (Å²) in [6.07, 6.45) is 1.34. The van der Waals surface area contributed by atoms with E-state index in [1.165, 1.54) is 36.2 Å². The summed E-state index contributed by atoms with van der Waals surface area (Å²) < 4.78 is 6.43. The number of nitro benzene ring substituents is 1. The minimum atomic E-state index is -0.653. The van der Waals surface area contributed by atoms with Crippen molar-refractivity contribution in [3.63, 3.8) is 0 Å². The summed E-state index contributed by atoms with van der Waals surface area (Å²) >= 11 is 3.22. The monoisotopic (exact) mass is 340 g/mol. The molecule has 0 fully saturated rings. The zero-order valence-electron chi connectivity index (χ0n) is 10.2. The normalized spacial score (nSPS) is 10.3. The van der Waals surface area contributed by atoms with Gasteiger partial charge in [0.25, 0.3) is 5.69 Å². The van der Waals surface area contributed by atoms with E-state index < -0.39 is 10.9 Å². The number of halogens is 1. The fourth-order valence-electron chi connectivity index (χ4n) is 1.61. The molecule has 0 amide bonds. The Labute approximate surface area is 121 Å². The molecule has 104 valence electrons. The van der Waals surface area contributed by atoms with Gasteiger partial charge in [-0.1, -0.05) is 0 Å². The summed E-state index contributed by atoms with van der Waals surface area (Å²) in [6.45, 7) is 0. The third kappa shape index (κ3) is 2.35. The lowest BCUT2D eigenvalue weighted by Gasteiger charge is -2.07. The van der Waals surface area contributed by atoms with Gasteiger partial charge in [-0.15, -0.1) is 0 Å². The third-order valence-electron chi connectivity index (χ3n) is 2.58. The first-order chi connectivity index (χ1) is 9.45. The van der Waals surface area contributed by atoms with Crippen LogP contribution in [0.1, 0.15) is 10.5 Å². The van der Waals surface area contributed by atoms with Gasteiger partial charge in [0.15, 0.2) is 5.69 Å². The highest BCUT2D eigenvalue weighted by molar-refractivity contribution is 9.10. The lowest BCUT2D eigenvalue weighted by molar-refractivity contribution is -0.384. The van der Waals surface area contributed by atoms with E-state index in [2.05, 4.69) is 25.7 Å². The molecule has 20 heavy (non-hydrogen) atoms. The van der Waals surface area contributed by atoms with E-state index in [-0.39, 0.29) is 17.2 Å². The van der Waals surface area contributed by atoms with Crippen molar-refractivity contribution in [1.29, 1.82) is 0 Å². The van der Waals surface area contributed by atoms with Crippen LogP contribution in [-0.4, -0.2) is 27.6 Å². The van der Waals surface area contributed by atoms with Crippen LogP contribution in [0.2, 0.25) is 0 Å². The van der Waals surface area contributed by atoms with Crippen LogP contribution >= 0.6 is 15.9 Å². The van der Waals surface area contributed by atoms with Crippen molar-refractivity contribution < 1.29 is 14.5 Å². The fraction of sp³-hybridized carbons (Fsp3) is 0.0909. The minimum Gasteiger partial charge on any atom is -0.464 e. The topological polar surface area (TPSA) is 113 Å². The summed E-state index contributed by atoms with van der Waals surface area (Å²) in [6, 6.07) is 4.17. The number of nitro groups is 1. The number of hydrogen-bond acceptors (Lipinski definition) is 6. The number of nitrogens with two attached hydrogens (primary N) is 1. The van der Waals surface area contributed by atoms with E-state index in [0.29, 0.717) is 10.2 Å². The van der Waals surface area contributed by atoms with Crippen molar-refractivity contribution in [3.8, 4) is 5.69 Å². The van der Waals surface area contributed by atoms with Crippen LogP contribution < -0.4 is 5.73 Å². The lowest BCUT2D eigenvalue weighted by atomic mass is 10.3. The number of non-ortho nitro benzene ring substituents is 1. The van der Waals surface area contributed by atoms with E-state index >= 15 is 0 Å². The zero-order valence-corrected chi connectivity index (χ0v) is 11.8. The number of imidazole rings is 1. The van der Waals surface area contributed by atoms with Gasteiger partial charge in [-0.2, -0.15) is 0 Å². The molecule has 0 spiro atoms. The van der Waals surface area contributed by atoms with Gasteiger partial charge < -0.3 is 10.5 Å². The SMILES string of the molecule is COC(=O)c1ncn(-c2ccc([N+](=O)[O-])cc2Br)c1N. The number of aromatic nitrogens is 2. The molecule has 9 heteroatoms. The third-order valence-corrected chi connectivity index (χ3v) is 3.22. The first-order valence-electron chi connectivity index (χ1n) is 5.31. The highest BCUT2D eigenvalue weighted by Crippen LogP contribution is 2.28. The van der Waals surface area contributed by atoms with Gasteiger partial charge in [0.1, 0.15) is 12.1 Å². The molecular formula is C11H9BrN4O4. The second-order valence-corrected chi connectivity index (χ2v) is 4.59. The number of rotatable bonds is 3. The van der Waals surface area contributed by atoms with E-state index in [0.717, 1.165) is 0 Å². The highest BCUT2D eigenvalue weighted by Gasteiger charge is 2.19. The van der Waals surface area contributed by atoms with Gasteiger partial charge in [0.2, 0.25) is 0 Å². The van der Waals surface area contributed by atoms with Crippen LogP contribution in [0.3, 0.4) is 0 Å². The average Bonchev–Trinajstić information content (AvgIpc) is 2.79. The first-order valence-corrected chi connectivity index (χ1v) is 6.10. The smallest absolute Gasteiger partial charge is 0.360 e. The van der Waals surface area contributed by atoms with Crippen LogP contribution in [0.5, 0.6) is 0 Å². The van der Waals surface area contributed by atoms with Crippen molar-refractivity contribution in [2.24, 2.45) is 0 Å². The Morgan fingerprint density at radius 1 is 1.55 bits per heavy atom. The molecule has 0 bridgehead atoms. The number of ether oxygens (including phenoxy) is 1. The minimum absolute atomic E-state index is 0.0160. The molecule has 0 saturated carbocycles. The predicted molar refractivity (Wildman–Crippen MR) is 73.7 cm³/mol. The molecule has 0 aliphatic carbocycles. The summed E-state index contributed by atoms with van der Waals surface area (Å²) in [5, 5.41) is 10.7. The van der Waals surface area contributed by atoms with Crippen molar-refractivity contribution in [3.05, 3.63) is 44.8 Å². The fourth-order valence-corrected chi connectivity index (χ4v) is 2.17. The number of esters is 1. The zero-order chi connectivity index (χ0) is 14.9. The van der Waals surface area contributed by atoms with Crippen molar-refractivity contribution in [1.82, 2.24) is 9.55 Å². The standard InChI is InChI=1S/C11H9BrN4O4/c1-20-11(17)9-10(13)15(5-14-9)8-3-2-6(16(18)19)4-7(8)12/h2-5H,13H2,1H3. The first kappa shape index (κ1) is 14.0. The van der Waals surface area contributed by atoms with E-state index in [1.807, 2.05) is 0 Å². The Kier molecular flexibility index (Phi) is 3.70. The van der Waals surface area contributed by atoms with Crippen LogP contribution in [-0.2, 0) is 4.74 Å². The molecule has 8 nitrogen and oxygen atoms in total. The molecule has 1 aromatic heterocycles. The molecule has 0 unspecified atom stereocenters. The number of methoxy groups -OCH3 is 1. The largest absolute Gasteiger partial charge is 0.464 e. The molecule has 0 saturated heterocycles. The number of nitrogen functional groups attached to an aromatic ring is 1. The second-order valence-electron chi connectivity index (χ2n) is 3.73. The summed E-state index contributed by atoms with van der Waals surface area (Å²) in [7, 11) is 1.22. The average molecular weight is 341 g/mol. The van der Waals surface area contributed by atoms with Crippen molar-refractivity contribution >= 4 is 33.4 Å². The summed E-state index contributed by atoms with van der Waals surface area (Å²) in [5.74, 6) is -0.564. The van der Waals surface area contributed by atoms with Crippen molar-refractivity contribution in [2.75, 3.05) is 12.8 Å². The maximum absolute atomic E-state index is 11.4. The van der Waals surface area contributed by atoms with Crippen molar-refractivity contribution in [2.45, 2.75) is 0 Å². The molecular weight excluding hydrogens is 332 g/mol. The Hall–Kier alpha value is -2.42. The predicted octanol–water partition coefficient (Wildman–Crippen LogP) is 1.91. The molecule has 2 aromatic rings. The Morgan fingerprint density at radius 3 is 2.80 bits per heavy atom. The van der Waals surface area contributed by atoms with Crippen LogP contribution in [0.25, 0.3) is 5.69 Å². The van der Waals surface area contributed by atoms with Gasteiger partial charge >= 0.3 is 5.97 Å². The van der Waals surface area contributed by atoms with Gasteiger partial charge in [0.05, 0.1) is 17.7 Å². The number of hydrogen-bond donors (Lipinski definition) is 1. The van der Waals surface area contributed by atoms with Gasteiger partial charge in [-0.25, -0.2) is 9.78 Å². The lowest BCUT2D eigenvalue weighted by Crippen LogP contribution is -2.07. The van der Waals surface area contributed by atoms with Gasteiger partial charge in [-0.05, 0) is 22.0 Å². The molecule has 1 aromatic carbocycles. The molecule has 1 heterocycles. The molecule has 2 N–H and O–H groups in total. The van der Waals surface area contributed by atoms with Gasteiger partial charge in [-0.3, -0.25) is 14.7 Å². The molecule has 0 radical (unpaired) electrons. The summed E-state index contributed by atoms with van der Waals surface area (Å²) in [5.41, 5.74) is 6.27. The number of carbonyl (C=O) groups is 1. The number of nitrogens with zero attached hydrogens (tertiary/aromatic N) is 3.